The van der Waals surface area contributed by atoms with E-state index in [0.29, 0.717) is 6.04 Å². The lowest BCUT2D eigenvalue weighted by atomic mass is 9.79. The van der Waals surface area contributed by atoms with Crippen LogP contribution in [0.5, 0.6) is 0 Å². The van der Waals surface area contributed by atoms with E-state index in [2.05, 4.69) is 51.2 Å². The molecule has 0 heterocycles. The Morgan fingerprint density at radius 2 is 2.05 bits per heavy atom. The van der Waals surface area contributed by atoms with Gasteiger partial charge in [0.25, 0.3) is 0 Å². The lowest BCUT2D eigenvalue weighted by molar-refractivity contribution is 0.264. The molecule has 19 heavy (non-hydrogen) atoms. The second-order valence-electron chi connectivity index (χ2n) is 6.47. The fraction of sp³-hybridized carbons (Fsp3) is 0.667. The highest BCUT2D eigenvalue weighted by Crippen LogP contribution is 2.33. The number of anilines is 1. The zero-order chi connectivity index (χ0) is 13.8. The van der Waals surface area contributed by atoms with Gasteiger partial charge in [0, 0.05) is 11.7 Å². The van der Waals surface area contributed by atoms with Gasteiger partial charge in [0.15, 0.2) is 0 Å². The van der Waals surface area contributed by atoms with Gasteiger partial charge in [0.05, 0.1) is 0 Å². The molecule has 0 aromatic heterocycles. The second-order valence-corrected chi connectivity index (χ2v) is 6.47. The maximum absolute atomic E-state index is 3.85. The van der Waals surface area contributed by atoms with Crippen LogP contribution in [-0.2, 0) is 6.42 Å². The summed E-state index contributed by atoms with van der Waals surface area (Å²) >= 11 is 0. The molecule has 0 radical (unpaired) electrons. The van der Waals surface area contributed by atoms with Gasteiger partial charge >= 0.3 is 0 Å². The van der Waals surface area contributed by atoms with Crippen molar-refractivity contribution in [1.29, 1.82) is 0 Å². The summed E-state index contributed by atoms with van der Waals surface area (Å²) in [5, 5.41) is 3.85. The maximum atomic E-state index is 3.85. The molecule has 0 aliphatic heterocycles. The highest BCUT2D eigenvalue weighted by molar-refractivity contribution is 5.57. The molecular formula is C18H29N. The predicted molar refractivity (Wildman–Crippen MR) is 84.8 cm³/mol. The summed E-state index contributed by atoms with van der Waals surface area (Å²) in [6.07, 6.45) is 6.60. The fourth-order valence-electron chi connectivity index (χ4n) is 3.40. The molecule has 0 amide bonds. The van der Waals surface area contributed by atoms with E-state index >= 15 is 0 Å². The second kappa shape index (κ2) is 6.45. The van der Waals surface area contributed by atoms with E-state index in [-0.39, 0.29) is 0 Å². The summed E-state index contributed by atoms with van der Waals surface area (Å²) in [6.45, 7) is 9.22. The molecule has 1 aromatic carbocycles. The molecule has 1 aromatic rings. The number of nitrogens with one attached hydrogen (secondary N) is 1. The Morgan fingerprint density at radius 1 is 1.26 bits per heavy atom. The van der Waals surface area contributed by atoms with E-state index in [4.69, 9.17) is 0 Å². The van der Waals surface area contributed by atoms with Crippen molar-refractivity contribution in [2.24, 2.45) is 11.8 Å². The Kier molecular flexibility index (Phi) is 4.90. The van der Waals surface area contributed by atoms with Gasteiger partial charge in [0.1, 0.15) is 0 Å². The SMILES string of the molecule is CCc1cccc(C)c1NC1CCCC(C(C)C)C1. The van der Waals surface area contributed by atoms with Gasteiger partial charge in [-0.1, -0.05) is 51.8 Å². The molecule has 106 valence electrons. The molecule has 1 aliphatic rings. The molecule has 1 nitrogen and oxygen atoms in total. The van der Waals surface area contributed by atoms with Crippen LogP contribution in [0.25, 0.3) is 0 Å². The Bertz CT molecular complexity index is 408. The molecule has 0 bridgehead atoms. The minimum Gasteiger partial charge on any atom is -0.382 e. The van der Waals surface area contributed by atoms with Gasteiger partial charge in [-0.15, -0.1) is 0 Å². The topological polar surface area (TPSA) is 12.0 Å². The van der Waals surface area contributed by atoms with E-state index in [9.17, 15) is 0 Å². The molecule has 1 aliphatic carbocycles. The number of aryl methyl sites for hydroxylation is 2. The van der Waals surface area contributed by atoms with Crippen LogP contribution in [0.2, 0.25) is 0 Å². The van der Waals surface area contributed by atoms with Crippen molar-refractivity contribution < 1.29 is 0 Å². The Hall–Kier alpha value is -0.980. The third-order valence-electron chi connectivity index (χ3n) is 4.75. The summed E-state index contributed by atoms with van der Waals surface area (Å²) in [5.41, 5.74) is 4.26. The standard InChI is InChI=1S/C18H29N/c1-5-15-9-6-8-14(4)18(15)19-17-11-7-10-16(12-17)13(2)3/h6,8-9,13,16-17,19H,5,7,10-12H2,1-4H3. The molecule has 2 rings (SSSR count). The minimum absolute atomic E-state index is 0.674. The van der Waals surface area contributed by atoms with E-state index in [1.165, 1.54) is 42.5 Å². The smallest absolute Gasteiger partial charge is 0.0404 e. The lowest BCUT2D eigenvalue weighted by Gasteiger charge is -2.33. The lowest BCUT2D eigenvalue weighted by Crippen LogP contribution is -2.30. The van der Waals surface area contributed by atoms with Gasteiger partial charge in [-0.3, -0.25) is 0 Å². The van der Waals surface area contributed by atoms with Gasteiger partial charge in [0.2, 0.25) is 0 Å². The van der Waals surface area contributed by atoms with Crippen LogP contribution < -0.4 is 5.32 Å². The average Bonchev–Trinajstić information content (AvgIpc) is 2.41. The van der Waals surface area contributed by atoms with Crippen LogP contribution >= 0.6 is 0 Å². The van der Waals surface area contributed by atoms with Crippen molar-refractivity contribution in [3.05, 3.63) is 29.3 Å². The quantitative estimate of drug-likeness (QED) is 0.785. The highest BCUT2D eigenvalue weighted by Gasteiger charge is 2.24. The maximum Gasteiger partial charge on any atom is 0.0404 e. The fourth-order valence-corrected chi connectivity index (χ4v) is 3.40. The molecule has 1 saturated carbocycles. The molecule has 0 saturated heterocycles. The number of hydrogen-bond acceptors (Lipinski definition) is 1. The Balaban J connectivity index is 2.08. The van der Waals surface area contributed by atoms with E-state index < -0.39 is 0 Å². The van der Waals surface area contributed by atoms with Crippen molar-refractivity contribution in [3.63, 3.8) is 0 Å². The number of benzene rings is 1. The van der Waals surface area contributed by atoms with Crippen LogP contribution in [0, 0.1) is 18.8 Å². The average molecular weight is 259 g/mol. The summed E-state index contributed by atoms with van der Waals surface area (Å²) in [5.74, 6) is 1.73. The van der Waals surface area contributed by atoms with Crippen molar-refractivity contribution in [3.8, 4) is 0 Å². The normalized spacial score (nSPS) is 23.6. The first-order valence-electron chi connectivity index (χ1n) is 7.96. The zero-order valence-electron chi connectivity index (χ0n) is 13.0. The summed E-state index contributed by atoms with van der Waals surface area (Å²) in [4.78, 5) is 0. The van der Waals surface area contributed by atoms with E-state index in [1.54, 1.807) is 0 Å². The number of rotatable bonds is 4. The monoisotopic (exact) mass is 259 g/mol. The van der Waals surface area contributed by atoms with Crippen LogP contribution in [0.15, 0.2) is 18.2 Å². The summed E-state index contributed by atoms with van der Waals surface area (Å²) < 4.78 is 0. The molecule has 0 spiro atoms. The third-order valence-corrected chi connectivity index (χ3v) is 4.75. The molecular weight excluding hydrogens is 230 g/mol. The first-order chi connectivity index (χ1) is 9.11. The molecule has 1 N–H and O–H groups in total. The van der Waals surface area contributed by atoms with E-state index in [0.717, 1.165) is 18.3 Å². The van der Waals surface area contributed by atoms with Crippen LogP contribution in [0.1, 0.15) is 57.6 Å². The predicted octanol–water partition coefficient (Wildman–Crippen LogP) is 5.18. The zero-order valence-corrected chi connectivity index (χ0v) is 13.0. The van der Waals surface area contributed by atoms with Crippen molar-refractivity contribution in [1.82, 2.24) is 0 Å². The highest BCUT2D eigenvalue weighted by atomic mass is 14.9. The molecule has 2 atom stereocenters. The van der Waals surface area contributed by atoms with Crippen LogP contribution in [0.4, 0.5) is 5.69 Å². The van der Waals surface area contributed by atoms with Gasteiger partial charge in [-0.25, -0.2) is 0 Å². The van der Waals surface area contributed by atoms with Gasteiger partial charge in [-0.05, 0) is 49.1 Å². The van der Waals surface area contributed by atoms with Crippen LogP contribution in [-0.4, -0.2) is 6.04 Å². The number of hydrogen-bond donors (Lipinski definition) is 1. The van der Waals surface area contributed by atoms with Crippen molar-refractivity contribution in [2.75, 3.05) is 5.32 Å². The van der Waals surface area contributed by atoms with Crippen molar-refractivity contribution in [2.45, 2.75) is 65.8 Å². The van der Waals surface area contributed by atoms with Crippen LogP contribution in [0.3, 0.4) is 0 Å². The summed E-state index contributed by atoms with van der Waals surface area (Å²) in [7, 11) is 0. The summed E-state index contributed by atoms with van der Waals surface area (Å²) in [6, 6.07) is 7.34. The first kappa shape index (κ1) is 14.4. The first-order valence-corrected chi connectivity index (χ1v) is 7.96. The largest absolute Gasteiger partial charge is 0.382 e. The third kappa shape index (κ3) is 3.52. The Labute approximate surface area is 118 Å². The van der Waals surface area contributed by atoms with Crippen molar-refractivity contribution >= 4 is 5.69 Å². The van der Waals surface area contributed by atoms with Gasteiger partial charge in [-0.2, -0.15) is 0 Å². The molecule has 1 heteroatoms. The van der Waals surface area contributed by atoms with Gasteiger partial charge < -0.3 is 5.32 Å². The number of para-hydroxylation sites is 1. The molecule has 2 unspecified atom stereocenters. The Morgan fingerprint density at radius 3 is 2.74 bits per heavy atom. The van der Waals surface area contributed by atoms with E-state index in [1.807, 2.05) is 0 Å². The molecule has 1 fully saturated rings. The minimum atomic E-state index is 0.674.